The Morgan fingerprint density at radius 1 is 1.50 bits per heavy atom. The van der Waals surface area contributed by atoms with E-state index in [1.807, 2.05) is 0 Å². The van der Waals surface area contributed by atoms with Gasteiger partial charge in [0.25, 0.3) is 10.0 Å². The number of aliphatic imine (C=N–C) groups is 1. The third-order valence-electron chi connectivity index (χ3n) is 2.33. The third kappa shape index (κ3) is 2.44. The number of hydrogen-bond acceptors (Lipinski definition) is 4. The summed E-state index contributed by atoms with van der Waals surface area (Å²) in [6.07, 6.45) is 0. The van der Waals surface area contributed by atoms with E-state index < -0.39 is 21.9 Å². The molecule has 0 bridgehead atoms. The molecule has 8 heteroatoms. The molecule has 0 unspecified atom stereocenters. The molecule has 1 atom stereocenters. The van der Waals surface area contributed by atoms with E-state index in [1.165, 1.54) is 6.07 Å². The molecule has 6 nitrogen and oxygen atoms in total. The molecule has 1 aliphatic rings. The summed E-state index contributed by atoms with van der Waals surface area (Å²) in [6.45, 7) is 1.42. The second-order valence-corrected chi connectivity index (χ2v) is 5.53. The Hall–Kier alpha value is -1.67. The molecule has 0 radical (unpaired) electrons. The quantitative estimate of drug-likeness (QED) is 0.721. The average Bonchev–Trinajstić information content (AvgIpc) is 2.29. The highest BCUT2D eigenvalue weighted by Gasteiger charge is 2.27. The Morgan fingerprint density at radius 3 is 2.89 bits per heavy atom. The zero-order chi connectivity index (χ0) is 13.3. The van der Waals surface area contributed by atoms with Gasteiger partial charge in [-0.25, -0.2) is 22.5 Å². The fourth-order valence-electron chi connectivity index (χ4n) is 1.48. The first-order chi connectivity index (χ1) is 8.42. The molecule has 1 aromatic rings. The van der Waals surface area contributed by atoms with Crippen LogP contribution in [0.5, 0.6) is 0 Å². The van der Waals surface area contributed by atoms with Gasteiger partial charge >= 0.3 is 0 Å². The minimum Gasteiger partial charge on any atom is -0.394 e. The lowest BCUT2D eigenvalue weighted by Gasteiger charge is -2.22. The van der Waals surface area contributed by atoms with Gasteiger partial charge in [0.1, 0.15) is 10.7 Å². The second-order valence-electron chi connectivity index (χ2n) is 3.88. The van der Waals surface area contributed by atoms with Gasteiger partial charge in [-0.15, -0.1) is 0 Å². The normalized spacial score (nSPS) is 20.7. The van der Waals surface area contributed by atoms with Crippen molar-refractivity contribution in [1.29, 1.82) is 0 Å². The van der Waals surface area contributed by atoms with Crippen LogP contribution in [0.25, 0.3) is 0 Å². The highest BCUT2D eigenvalue weighted by atomic mass is 32.2. The molecule has 0 saturated carbocycles. The topological polar surface area (TPSA) is 90.8 Å². The van der Waals surface area contributed by atoms with Crippen molar-refractivity contribution in [2.24, 2.45) is 4.99 Å². The summed E-state index contributed by atoms with van der Waals surface area (Å²) in [4.78, 5) is 3.77. The van der Waals surface area contributed by atoms with Gasteiger partial charge in [0.2, 0.25) is 5.96 Å². The summed E-state index contributed by atoms with van der Waals surface area (Å²) in [6, 6.07) is 2.95. The predicted molar refractivity (Wildman–Crippen MR) is 64.3 cm³/mol. The molecule has 2 rings (SSSR count). The Kier molecular flexibility index (Phi) is 3.22. The number of nitrogens with one attached hydrogen (secondary N) is 2. The maximum Gasteiger partial charge on any atom is 0.266 e. The van der Waals surface area contributed by atoms with E-state index >= 15 is 0 Å². The van der Waals surface area contributed by atoms with Crippen LogP contribution in [0, 0.1) is 5.82 Å². The van der Waals surface area contributed by atoms with E-state index in [2.05, 4.69) is 15.0 Å². The maximum absolute atomic E-state index is 13.0. The van der Waals surface area contributed by atoms with Gasteiger partial charge in [-0.2, -0.15) is 0 Å². The van der Waals surface area contributed by atoms with Gasteiger partial charge < -0.3 is 10.4 Å². The van der Waals surface area contributed by atoms with Crippen molar-refractivity contribution in [2.45, 2.75) is 17.9 Å². The summed E-state index contributed by atoms with van der Waals surface area (Å²) >= 11 is 0. The molecule has 0 spiro atoms. The Bertz CT molecular complexity index is 600. The molecule has 0 aromatic heterocycles. The number of guanidine groups is 1. The van der Waals surface area contributed by atoms with E-state index in [9.17, 15) is 12.8 Å². The molecule has 1 aliphatic heterocycles. The number of benzene rings is 1. The molecular formula is C10H12FN3O3S. The van der Waals surface area contributed by atoms with Crippen LogP contribution in [-0.4, -0.2) is 32.1 Å². The van der Waals surface area contributed by atoms with Gasteiger partial charge in [0.15, 0.2) is 0 Å². The highest BCUT2D eigenvalue weighted by Crippen LogP contribution is 2.25. The molecule has 0 fully saturated rings. The molecule has 98 valence electrons. The molecule has 0 saturated heterocycles. The highest BCUT2D eigenvalue weighted by molar-refractivity contribution is 7.90. The van der Waals surface area contributed by atoms with Crippen LogP contribution in [0.15, 0.2) is 28.1 Å². The number of nitrogens with zero attached hydrogens (tertiary/aromatic N) is 1. The van der Waals surface area contributed by atoms with E-state index in [1.54, 1.807) is 6.92 Å². The summed E-state index contributed by atoms with van der Waals surface area (Å²) in [5.41, 5.74) is 0.249. The fourth-order valence-corrected chi connectivity index (χ4v) is 2.62. The number of sulfonamides is 1. The van der Waals surface area contributed by atoms with Gasteiger partial charge in [0.05, 0.1) is 18.3 Å². The second kappa shape index (κ2) is 4.54. The summed E-state index contributed by atoms with van der Waals surface area (Å²) < 4.78 is 38.9. The molecular weight excluding hydrogens is 261 g/mol. The number of halogens is 1. The molecule has 18 heavy (non-hydrogen) atoms. The van der Waals surface area contributed by atoms with Crippen molar-refractivity contribution < 1.29 is 17.9 Å². The predicted octanol–water partition coefficient (Wildman–Crippen LogP) is 0.266. The number of aliphatic hydroxyl groups is 1. The molecule has 0 amide bonds. The van der Waals surface area contributed by atoms with Crippen molar-refractivity contribution >= 4 is 21.7 Å². The number of fused-ring (bicyclic) bond motifs is 1. The van der Waals surface area contributed by atoms with E-state index in [-0.39, 0.29) is 23.1 Å². The summed E-state index contributed by atoms with van der Waals surface area (Å²) in [5.74, 6) is -0.624. The third-order valence-corrected chi connectivity index (χ3v) is 3.71. The summed E-state index contributed by atoms with van der Waals surface area (Å²) in [7, 11) is -3.83. The number of aliphatic hydroxyl groups excluding tert-OH is 1. The van der Waals surface area contributed by atoms with Crippen molar-refractivity contribution in [3.63, 3.8) is 0 Å². The van der Waals surface area contributed by atoms with Crippen LogP contribution in [0.4, 0.5) is 10.1 Å². The molecule has 1 heterocycles. The SMILES string of the molecule is C[C@@H](CO)N=C1Nc2ccc(F)cc2S(=O)(=O)N1. The van der Waals surface area contributed by atoms with Crippen molar-refractivity contribution in [3.05, 3.63) is 24.0 Å². The molecule has 0 aliphatic carbocycles. The zero-order valence-corrected chi connectivity index (χ0v) is 10.3. The lowest BCUT2D eigenvalue weighted by atomic mass is 10.3. The van der Waals surface area contributed by atoms with E-state index in [0.29, 0.717) is 0 Å². The average molecular weight is 273 g/mol. The van der Waals surface area contributed by atoms with Crippen LogP contribution in [0.3, 0.4) is 0 Å². The van der Waals surface area contributed by atoms with Crippen molar-refractivity contribution in [1.82, 2.24) is 4.72 Å². The maximum atomic E-state index is 13.0. The van der Waals surface area contributed by atoms with Crippen LogP contribution in [-0.2, 0) is 10.0 Å². The fraction of sp³-hybridized carbons (Fsp3) is 0.300. The first-order valence-corrected chi connectivity index (χ1v) is 6.69. The minimum absolute atomic E-state index is 0.00987. The van der Waals surface area contributed by atoms with Crippen LogP contribution >= 0.6 is 0 Å². The number of rotatable bonds is 2. The lowest BCUT2D eigenvalue weighted by Crippen LogP contribution is -2.41. The smallest absolute Gasteiger partial charge is 0.266 e. The first-order valence-electron chi connectivity index (χ1n) is 5.20. The molecule has 3 N–H and O–H groups in total. The van der Waals surface area contributed by atoms with E-state index in [0.717, 1.165) is 12.1 Å². The minimum atomic E-state index is -3.83. The monoisotopic (exact) mass is 273 g/mol. The zero-order valence-electron chi connectivity index (χ0n) is 9.51. The lowest BCUT2D eigenvalue weighted by molar-refractivity contribution is 0.274. The van der Waals surface area contributed by atoms with Gasteiger partial charge in [-0.05, 0) is 25.1 Å². The van der Waals surface area contributed by atoms with Gasteiger partial charge in [-0.1, -0.05) is 0 Å². The van der Waals surface area contributed by atoms with Crippen molar-refractivity contribution in [2.75, 3.05) is 11.9 Å². The number of anilines is 1. The number of hydrogen-bond donors (Lipinski definition) is 3. The Labute approximate surface area is 104 Å². The van der Waals surface area contributed by atoms with Crippen molar-refractivity contribution in [3.8, 4) is 0 Å². The van der Waals surface area contributed by atoms with E-state index in [4.69, 9.17) is 5.11 Å². The van der Waals surface area contributed by atoms with Crippen LogP contribution < -0.4 is 10.0 Å². The largest absolute Gasteiger partial charge is 0.394 e. The van der Waals surface area contributed by atoms with Gasteiger partial charge in [-0.3, -0.25) is 0 Å². The van der Waals surface area contributed by atoms with Crippen LogP contribution in [0.1, 0.15) is 6.92 Å². The standard InChI is InChI=1S/C10H12FN3O3S/c1-6(5-15)12-10-13-8-3-2-7(11)4-9(8)18(16,17)14-10/h2-4,6,15H,5H2,1H3,(H2,12,13,14)/t6-/m0/s1. The van der Waals surface area contributed by atoms with Gasteiger partial charge in [0, 0.05) is 0 Å². The first kappa shape index (κ1) is 12.8. The Balaban J connectivity index is 2.45. The molecule has 1 aromatic carbocycles. The van der Waals surface area contributed by atoms with Crippen LogP contribution in [0.2, 0.25) is 0 Å². The summed E-state index contributed by atoms with van der Waals surface area (Å²) in [5, 5.41) is 11.6. The Morgan fingerprint density at radius 2 is 2.22 bits per heavy atom.